The van der Waals surface area contributed by atoms with Gasteiger partial charge in [-0.1, -0.05) is 36.4 Å². The zero-order valence-electron chi connectivity index (χ0n) is 20.0. The Morgan fingerprint density at radius 3 is 2.58 bits per heavy atom. The summed E-state index contributed by atoms with van der Waals surface area (Å²) in [6.45, 7) is 1.72. The minimum atomic E-state index is -3.10. The van der Waals surface area contributed by atoms with Gasteiger partial charge in [0.1, 0.15) is 0 Å². The number of aromatic nitrogens is 3. The quantitative estimate of drug-likeness (QED) is 0.239. The molecule has 12 heteroatoms. The third kappa shape index (κ3) is 5.77. The molecule has 0 unspecified atom stereocenters. The molecule has 0 bridgehead atoms. The van der Waals surface area contributed by atoms with Crippen LogP contribution in [-0.2, 0) is 10.9 Å². The predicted molar refractivity (Wildman–Crippen MR) is 138 cm³/mol. The lowest BCUT2D eigenvalue weighted by molar-refractivity contribution is 0.402. The van der Waals surface area contributed by atoms with Crippen molar-refractivity contribution in [3.63, 3.8) is 0 Å². The molecular weight excluding hydrogens is 514 g/mol. The second kappa shape index (κ2) is 11.6. The largest absolute Gasteiger partial charge is 0.435 e. The number of halogens is 2. The Bertz CT molecular complexity index is 1490. The van der Waals surface area contributed by atoms with E-state index in [0.717, 1.165) is 19.5 Å². The fraction of sp³-hybridized carbons (Fsp3) is 0.192. The summed E-state index contributed by atoms with van der Waals surface area (Å²) in [5.41, 5.74) is 1.21. The molecular formula is C26H24F2N6O3S. The molecule has 0 radical (unpaired) electrons. The first kappa shape index (κ1) is 25.6. The van der Waals surface area contributed by atoms with Crippen molar-refractivity contribution in [1.29, 1.82) is 0 Å². The number of hydrogen-bond acceptors (Lipinski definition) is 8. The van der Waals surface area contributed by atoms with Gasteiger partial charge in [-0.15, -0.1) is 0 Å². The van der Waals surface area contributed by atoms with Gasteiger partial charge in [-0.25, -0.2) is 32.5 Å². The van der Waals surface area contributed by atoms with Crippen molar-refractivity contribution in [1.82, 2.24) is 25.0 Å². The molecule has 1 aliphatic heterocycles. The second-order valence-corrected chi connectivity index (χ2v) is 9.34. The third-order valence-corrected chi connectivity index (χ3v) is 6.53. The lowest BCUT2D eigenvalue weighted by Gasteiger charge is -2.18. The molecule has 1 fully saturated rings. The molecule has 2 aromatic carbocycles. The van der Waals surface area contributed by atoms with Gasteiger partial charge in [0.25, 0.3) is 0 Å². The highest BCUT2D eigenvalue weighted by molar-refractivity contribution is 7.70. The highest BCUT2D eigenvalue weighted by Gasteiger charge is 2.24. The maximum absolute atomic E-state index is 15.3. The smallest absolute Gasteiger partial charge is 0.228 e. The van der Waals surface area contributed by atoms with Crippen LogP contribution in [0.1, 0.15) is 23.6 Å². The number of benzene rings is 2. The molecule has 2 aromatic heterocycles. The van der Waals surface area contributed by atoms with Crippen molar-refractivity contribution in [2.24, 2.45) is 0 Å². The number of nitrogens with zero attached hydrogens (tertiary/aromatic N) is 3. The normalized spacial score (nSPS) is 15.9. The predicted octanol–water partition coefficient (Wildman–Crippen LogP) is 3.59. The topological polar surface area (TPSA) is 118 Å². The number of thiol groups is 1. The van der Waals surface area contributed by atoms with E-state index in [1.165, 1.54) is 18.3 Å². The van der Waals surface area contributed by atoms with Gasteiger partial charge < -0.3 is 15.4 Å². The number of anilines is 1. The molecule has 5 rings (SSSR count). The standard InChI is InChI=1S/C26H24F2N6O3S/c27-22-19(24(34-38(35)36)16-5-2-1-3-6-16)8-9-21(23(22)28)37-25-18(7-4-12-30-25)20-11-14-31-26(33-20)32-17-10-13-29-15-17/h1-9,11-12,14,17,24,29,38H,10,13,15H2,(H,31,32,33)(H,34,35,36)/t17-,24-/m0/s1. The van der Waals surface area contributed by atoms with Gasteiger partial charge in [0, 0.05) is 30.5 Å². The van der Waals surface area contributed by atoms with Crippen molar-refractivity contribution < 1.29 is 21.9 Å². The molecule has 0 aliphatic carbocycles. The van der Waals surface area contributed by atoms with Gasteiger partial charge in [-0.05, 0) is 42.8 Å². The van der Waals surface area contributed by atoms with Gasteiger partial charge >= 0.3 is 0 Å². The van der Waals surface area contributed by atoms with Crippen LogP contribution in [0.4, 0.5) is 14.7 Å². The Kier molecular flexibility index (Phi) is 7.82. The van der Waals surface area contributed by atoms with Crippen LogP contribution >= 0.6 is 0 Å². The molecule has 1 saturated heterocycles. The van der Waals surface area contributed by atoms with Crippen LogP contribution in [0.15, 0.2) is 73.1 Å². The highest BCUT2D eigenvalue weighted by Crippen LogP contribution is 2.35. The van der Waals surface area contributed by atoms with Gasteiger partial charge in [0.15, 0.2) is 11.6 Å². The summed E-state index contributed by atoms with van der Waals surface area (Å²) in [7, 11) is -3.10. The molecule has 0 amide bonds. The van der Waals surface area contributed by atoms with E-state index in [2.05, 4.69) is 30.3 Å². The minimum Gasteiger partial charge on any atom is -0.435 e. The van der Waals surface area contributed by atoms with Gasteiger partial charge in [-0.3, -0.25) is 0 Å². The second-order valence-electron chi connectivity index (χ2n) is 8.57. The number of pyridine rings is 1. The monoisotopic (exact) mass is 538 g/mol. The van der Waals surface area contributed by atoms with E-state index in [1.54, 1.807) is 54.7 Å². The summed E-state index contributed by atoms with van der Waals surface area (Å²) in [4.78, 5) is 13.0. The van der Waals surface area contributed by atoms with E-state index in [4.69, 9.17) is 4.74 Å². The van der Waals surface area contributed by atoms with E-state index in [9.17, 15) is 8.42 Å². The Morgan fingerprint density at radius 2 is 1.82 bits per heavy atom. The molecule has 0 spiro atoms. The molecule has 1 aliphatic rings. The van der Waals surface area contributed by atoms with Crippen LogP contribution in [0.3, 0.4) is 0 Å². The summed E-state index contributed by atoms with van der Waals surface area (Å²) in [5.74, 6) is -2.47. The van der Waals surface area contributed by atoms with Crippen molar-refractivity contribution in [3.05, 3.63) is 95.8 Å². The molecule has 196 valence electrons. The van der Waals surface area contributed by atoms with Crippen LogP contribution in [0.25, 0.3) is 11.3 Å². The highest BCUT2D eigenvalue weighted by atomic mass is 32.2. The summed E-state index contributed by atoms with van der Waals surface area (Å²) in [5, 5.41) is 6.54. The van der Waals surface area contributed by atoms with E-state index in [-0.39, 0.29) is 17.5 Å². The van der Waals surface area contributed by atoms with Crippen molar-refractivity contribution >= 4 is 16.8 Å². The van der Waals surface area contributed by atoms with E-state index < -0.39 is 34.3 Å². The molecule has 0 saturated carbocycles. The Balaban J connectivity index is 1.44. The molecule has 3 N–H and O–H groups in total. The molecule has 2 atom stereocenters. The average Bonchev–Trinajstić information content (AvgIpc) is 3.44. The lowest BCUT2D eigenvalue weighted by Crippen LogP contribution is -2.23. The van der Waals surface area contributed by atoms with Crippen molar-refractivity contribution in [2.75, 3.05) is 18.4 Å². The molecule has 9 nitrogen and oxygen atoms in total. The molecule has 38 heavy (non-hydrogen) atoms. The number of ether oxygens (including phenoxy) is 1. The summed E-state index contributed by atoms with van der Waals surface area (Å²) in [6, 6.07) is 15.0. The SMILES string of the molecule is O=[SH](=O)N[C@@H](c1ccccc1)c1ccc(Oc2ncccc2-c2ccnc(N[C@H]3CCNC3)n2)c(F)c1F. The molecule has 3 heterocycles. The van der Waals surface area contributed by atoms with Gasteiger partial charge in [0.2, 0.25) is 28.5 Å². The fourth-order valence-corrected chi connectivity index (χ4v) is 4.73. The Hall–Kier alpha value is -4.00. The first-order valence-electron chi connectivity index (χ1n) is 11.9. The van der Waals surface area contributed by atoms with E-state index in [1.807, 2.05) is 0 Å². The molecule has 4 aromatic rings. The summed E-state index contributed by atoms with van der Waals surface area (Å²) < 4.78 is 61.3. The third-order valence-electron chi connectivity index (χ3n) is 6.06. The first-order chi connectivity index (χ1) is 18.5. The summed E-state index contributed by atoms with van der Waals surface area (Å²) in [6.07, 6.45) is 4.00. The minimum absolute atomic E-state index is 0.0195. The maximum atomic E-state index is 15.3. The van der Waals surface area contributed by atoms with Gasteiger partial charge in [-0.2, -0.15) is 4.39 Å². The van der Waals surface area contributed by atoms with Crippen LogP contribution in [0.2, 0.25) is 0 Å². The lowest BCUT2D eigenvalue weighted by atomic mass is 9.99. The van der Waals surface area contributed by atoms with Crippen molar-refractivity contribution in [3.8, 4) is 22.9 Å². The van der Waals surface area contributed by atoms with Gasteiger partial charge in [0.05, 0.1) is 17.3 Å². The average molecular weight is 539 g/mol. The zero-order chi connectivity index (χ0) is 26.5. The number of nitrogens with one attached hydrogen (secondary N) is 3. The van der Waals surface area contributed by atoms with Crippen LogP contribution < -0.4 is 20.1 Å². The maximum Gasteiger partial charge on any atom is 0.228 e. The van der Waals surface area contributed by atoms with E-state index in [0.29, 0.717) is 22.8 Å². The Labute approximate surface area is 219 Å². The fourth-order valence-electron chi connectivity index (χ4n) is 4.23. The van der Waals surface area contributed by atoms with Crippen LogP contribution in [0.5, 0.6) is 11.6 Å². The Morgan fingerprint density at radius 1 is 0.974 bits per heavy atom. The zero-order valence-corrected chi connectivity index (χ0v) is 20.9. The van der Waals surface area contributed by atoms with Crippen LogP contribution in [0, 0.1) is 11.6 Å². The first-order valence-corrected chi connectivity index (χ1v) is 13.0. The summed E-state index contributed by atoms with van der Waals surface area (Å²) >= 11 is 0. The van der Waals surface area contributed by atoms with E-state index >= 15 is 8.78 Å². The number of hydrogen-bond donors (Lipinski definition) is 4. The van der Waals surface area contributed by atoms with Crippen LogP contribution in [-0.4, -0.2) is 42.5 Å². The van der Waals surface area contributed by atoms with Crippen molar-refractivity contribution in [2.45, 2.75) is 18.5 Å². The number of rotatable bonds is 9.